The number of carbonyl (C=O) groups is 1. The topological polar surface area (TPSA) is 63.3 Å². The molecule has 0 saturated carbocycles. The third kappa shape index (κ3) is 2.73. The molecule has 0 unspecified atom stereocenters. The monoisotopic (exact) mass is 197 g/mol. The molecule has 3 N–H and O–H groups in total. The van der Waals surface area contributed by atoms with Gasteiger partial charge in [0, 0.05) is 0 Å². The van der Waals surface area contributed by atoms with E-state index in [0.29, 0.717) is 0 Å². The third-order valence-corrected chi connectivity index (χ3v) is 2.09. The Bertz CT molecular complexity index is 335. The molecule has 76 valence electrons. The normalized spacial score (nSPS) is 12.6. The molecule has 4 heteroatoms. The van der Waals surface area contributed by atoms with E-state index in [0.717, 1.165) is 24.8 Å². The molecule has 3 nitrogen and oxygen atoms in total. The molecule has 0 radical (unpaired) electrons. The van der Waals surface area contributed by atoms with Gasteiger partial charge in [-0.3, -0.25) is 0 Å². The number of benzene rings is 1. The Hall–Kier alpha value is -1.58. The summed E-state index contributed by atoms with van der Waals surface area (Å²) in [5.74, 6) is -0.0185. The van der Waals surface area contributed by atoms with Crippen molar-refractivity contribution in [1.29, 1.82) is 0 Å². The number of primary amides is 1. The van der Waals surface area contributed by atoms with Crippen molar-refractivity contribution in [2.45, 2.75) is 19.3 Å². The molecule has 2 rings (SSSR count). The van der Waals surface area contributed by atoms with Crippen LogP contribution in [-0.4, -0.2) is 11.2 Å². The number of aryl methyl sites for hydroxylation is 1. The molecule has 0 spiro atoms. The first-order valence-electron chi connectivity index (χ1n) is 4.36. The first-order valence-corrected chi connectivity index (χ1v) is 4.36. The van der Waals surface area contributed by atoms with E-state index in [1.807, 2.05) is 6.07 Å². The fourth-order valence-electron chi connectivity index (χ4n) is 1.57. The number of hydrogen-bond acceptors (Lipinski definition) is 1. The van der Waals surface area contributed by atoms with Crippen molar-refractivity contribution < 1.29 is 14.3 Å². The van der Waals surface area contributed by atoms with Gasteiger partial charge in [0.15, 0.2) is 0 Å². The Morgan fingerprint density at radius 3 is 2.64 bits per heavy atom. The summed E-state index contributed by atoms with van der Waals surface area (Å²) in [6, 6.07) is 5.36. The smallest absolute Gasteiger partial charge is 0.402 e. The number of fused-ring (bicyclic) bond motifs is 1. The number of amides is 1. The maximum absolute atomic E-state index is 12.9. The molecule has 0 atom stereocenters. The number of carboxylic acid groups (broad SMARTS) is 1. The summed E-state index contributed by atoms with van der Waals surface area (Å²) in [7, 11) is 0. The van der Waals surface area contributed by atoms with Crippen LogP contribution in [0.25, 0.3) is 0 Å². The minimum atomic E-state index is -1.33. The van der Waals surface area contributed by atoms with E-state index in [1.165, 1.54) is 5.56 Å². The number of nitrogens with two attached hydrogens (primary N) is 1. The van der Waals surface area contributed by atoms with Crippen molar-refractivity contribution in [2.75, 3.05) is 0 Å². The summed E-state index contributed by atoms with van der Waals surface area (Å²) >= 11 is 0. The molecule has 1 aromatic carbocycles. The SMILES string of the molecule is Fc1cccc2c1CCC2.NC(=O)O. The van der Waals surface area contributed by atoms with Gasteiger partial charge in [-0.05, 0) is 36.5 Å². The average Bonchev–Trinajstić information content (AvgIpc) is 2.52. The highest BCUT2D eigenvalue weighted by Crippen LogP contribution is 2.23. The lowest BCUT2D eigenvalue weighted by atomic mass is 10.1. The van der Waals surface area contributed by atoms with Gasteiger partial charge in [0.05, 0.1) is 0 Å². The van der Waals surface area contributed by atoms with Gasteiger partial charge in [-0.2, -0.15) is 0 Å². The molecule has 1 aromatic rings. The molecule has 0 aromatic heterocycles. The van der Waals surface area contributed by atoms with Crippen molar-refractivity contribution in [3.05, 3.63) is 35.1 Å². The van der Waals surface area contributed by atoms with Gasteiger partial charge in [-0.25, -0.2) is 9.18 Å². The molecule has 0 bridgehead atoms. The van der Waals surface area contributed by atoms with Gasteiger partial charge < -0.3 is 10.8 Å². The predicted octanol–water partition coefficient (Wildman–Crippen LogP) is 1.94. The van der Waals surface area contributed by atoms with E-state index in [4.69, 9.17) is 9.90 Å². The first-order chi connectivity index (χ1) is 6.61. The molecule has 1 aliphatic rings. The van der Waals surface area contributed by atoms with Crippen LogP contribution in [0.4, 0.5) is 9.18 Å². The van der Waals surface area contributed by atoms with Crippen LogP contribution < -0.4 is 5.73 Å². The summed E-state index contributed by atoms with van der Waals surface area (Å²) in [4.78, 5) is 8.78. The minimum Gasteiger partial charge on any atom is -0.465 e. The quantitative estimate of drug-likeness (QED) is 0.667. The van der Waals surface area contributed by atoms with E-state index >= 15 is 0 Å². The second kappa shape index (κ2) is 4.60. The Morgan fingerprint density at radius 2 is 2.07 bits per heavy atom. The van der Waals surface area contributed by atoms with Crippen LogP contribution in [0.1, 0.15) is 17.5 Å². The number of rotatable bonds is 0. The van der Waals surface area contributed by atoms with Gasteiger partial charge in [0.2, 0.25) is 0 Å². The first kappa shape index (κ1) is 10.5. The van der Waals surface area contributed by atoms with Crippen molar-refractivity contribution in [2.24, 2.45) is 5.73 Å². The fraction of sp³-hybridized carbons (Fsp3) is 0.300. The van der Waals surface area contributed by atoms with Gasteiger partial charge in [-0.15, -0.1) is 0 Å². The zero-order chi connectivity index (χ0) is 10.6. The maximum Gasteiger partial charge on any atom is 0.402 e. The van der Waals surface area contributed by atoms with Crippen molar-refractivity contribution in [1.82, 2.24) is 0 Å². The molecule has 0 fully saturated rings. The Morgan fingerprint density at radius 1 is 1.43 bits per heavy atom. The Balaban J connectivity index is 0.000000213. The Labute approximate surface area is 81.4 Å². The van der Waals surface area contributed by atoms with Crippen LogP contribution in [0.3, 0.4) is 0 Å². The molecule has 0 heterocycles. The molecule has 1 aliphatic carbocycles. The van der Waals surface area contributed by atoms with Crippen LogP contribution >= 0.6 is 0 Å². The number of halogens is 1. The summed E-state index contributed by atoms with van der Waals surface area (Å²) in [5, 5.41) is 7.19. The summed E-state index contributed by atoms with van der Waals surface area (Å²) in [5.41, 5.74) is 6.18. The zero-order valence-corrected chi connectivity index (χ0v) is 7.66. The third-order valence-electron chi connectivity index (χ3n) is 2.09. The highest BCUT2D eigenvalue weighted by Gasteiger charge is 2.13. The maximum atomic E-state index is 12.9. The van der Waals surface area contributed by atoms with Gasteiger partial charge in [0.1, 0.15) is 5.82 Å². The highest BCUT2D eigenvalue weighted by molar-refractivity contribution is 5.61. The highest BCUT2D eigenvalue weighted by atomic mass is 19.1. The molecule has 1 amide bonds. The van der Waals surface area contributed by atoms with E-state index in [9.17, 15) is 4.39 Å². The van der Waals surface area contributed by atoms with Crippen molar-refractivity contribution >= 4 is 6.09 Å². The van der Waals surface area contributed by atoms with E-state index in [-0.39, 0.29) is 5.82 Å². The lowest BCUT2D eigenvalue weighted by molar-refractivity contribution is 0.205. The van der Waals surface area contributed by atoms with Crippen LogP contribution in [0.15, 0.2) is 18.2 Å². The van der Waals surface area contributed by atoms with Crippen LogP contribution in [0.5, 0.6) is 0 Å². The second-order valence-corrected chi connectivity index (χ2v) is 3.07. The predicted molar refractivity (Wildman–Crippen MR) is 50.6 cm³/mol. The lowest BCUT2D eigenvalue weighted by Gasteiger charge is -1.97. The van der Waals surface area contributed by atoms with E-state index in [2.05, 4.69) is 5.73 Å². The van der Waals surface area contributed by atoms with Crippen molar-refractivity contribution in [3.8, 4) is 0 Å². The largest absolute Gasteiger partial charge is 0.465 e. The van der Waals surface area contributed by atoms with Gasteiger partial charge in [0.25, 0.3) is 0 Å². The van der Waals surface area contributed by atoms with Crippen LogP contribution in [0, 0.1) is 5.82 Å². The van der Waals surface area contributed by atoms with Crippen LogP contribution in [-0.2, 0) is 12.8 Å². The lowest BCUT2D eigenvalue weighted by Crippen LogP contribution is -2.03. The number of hydrogen-bond donors (Lipinski definition) is 2. The van der Waals surface area contributed by atoms with E-state index in [1.54, 1.807) is 12.1 Å². The molecular weight excluding hydrogens is 185 g/mol. The summed E-state index contributed by atoms with van der Waals surface area (Å²) in [6.45, 7) is 0. The van der Waals surface area contributed by atoms with Gasteiger partial charge >= 0.3 is 6.09 Å². The van der Waals surface area contributed by atoms with Crippen LogP contribution in [0.2, 0.25) is 0 Å². The molecule has 0 saturated heterocycles. The second-order valence-electron chi connectivity index (χ2n) is 3.07. The van der Waals surface area contributed by atoms with E-state index < -0.39 is 6.09 Å². The van der Waals surface area contributed by atoms with Crippen molar-refractivity contribution in [3.63, 3.8) is 0 Å². The summed E-state index contributed by atoms with van der Waals surface area (Å²) in [6.07, 6.45) is 1.78. The Kier molecular flexibility index (Phi) is 3.45. The molecule has 14 heavy (non-hydrogen) atoms. The van der Waals surface area contributed by atoms with Gasteiger partial charge in [-0.1, -0.05) is 12.1 Å². The molecular formula is C10H12FNO2. The summed E-state index contributed by atoms with van der Waals surface area (Å²) < 4.78 is 12.9. The minimum absolute atomic E-state index is 0.0185. The molecule has 0 aliphatic heterocycles. The zero-order valence-electron chi connectivity index (χ0n) is 7.66. The average molecular weight is 197 g/mol. The fourth-order valence-corrected chi connectivity index (χ4v) is 1.57. The standard InChI is InChI=1S/C9H9F.CH3NO2/c10-9-6-2-4-7-3-1-5-8(7)9;2-1(3)4/h2,4,6H,1,3,5H2;2H2,(H,3,4).